The van der Waals surface area contributed by atoms with Gasteiger partial charge >= 0.3 is 0 Å². The van der Waals surface area contributed by atoms with Gasteiger partial charge in [0.1, 0.15) is 0 Å². The molecule has 54 heavy (non-hydrogen) atoms. The molecule has 4 aliphatic rings. The summed E-state index contributed by atoms with van der Waals surface area (Å²) in [4.78, 5) is 0. The lowest BCUT2D eigenvalue weighted by molar-refractivity contribution is 0.572. The van der Waals surface area contributed by atoms with Crippen molar-refractivity contribution in [2.75, 3.05) is 0 Å². The molecule has 3 heteroatoms. The summed E-state index contributed by atoms with van der Waals surface area (Å²) >= 11 is 0. The molecule has 0 fully saturated rings. The second-order valence-electron chi connectivity index (χ2n) is 19.1. The smallest absolute Gasteiger partial charge is 0.242 e. The minimum atomic E-state index is -0.166. The first kappa shape index (κ1) is 32.7. The summed E-state index contributed by atoms with van der Waals surface area (Å²) in [6.07, 6.45) is 8.46. The van der Waals surface area contributed by atoms with Gasteiger partial charge in [-0.05, 0) is 126 Å². The van der Waals surface area contributed by atoms with Crippen LogP contribution in [0.4, 0.5) is 0 Å². The molecule has 5 aromatic carbocycles. The molecule has 2 nitrogen and oxygen atoms in total. The van der Waals surface area contributed by atoms with E-state index in [1.165, 1.54) is 115 Å². The fraction of sp³-hybridized carbons (Fsp3) is 0.333. The Hall–Kier alpha value is -4.76. The van der Waals surface area contributed by atoms with Gasteiger partial charge < -0.3 is 9.13 Å². The Morgan fingerprint density at radius 3 is 1.70 bits per heavy atom. The highest BCUT2D eigenvalue weighted by Crippen LogP contribution is 2.45. The molecule has 0 amide bonds. The van der Waals surface area contributed by atoms with Gasteiger partial charge in [-0.3, -0.25) is 0 Å². The maximum absolute atomic E-state index is 2.63. The Labute approximate surface area is 321 Å². The first-order chi connectivity index (χ1) is 25.9. The summed E-state index contributed by atoms with van der Waals surface area (Å²) in [5, 5.41) is 2.87. The maximum Gasteiger partial charge on any atom is 0.242 e. The zero-order chi connectivity index (χ0) is 36.9. The van der Waals surface area contributed by atoms with Gasteiger partial charge in [0.05, 0.1) is 11.0 Å². The number of rotatable bonds is 2. The monoisotopic (exact) mass is 702 g/mol. The number of nitrogens with zero attached hydrogens (tertiary/aromatic N) is 2. The van der Waals surface area contributed by atoms with Crippen molar-refractivity contribution < 1.29 is 0 Å². The van der Waals surface area contributed by atoms with Gasteiger partial charge in [-0.25, -0.2) is 0 Å². The van der Waals surface area contributed by atoms with E-state index in [0.717, 1.165) is 12.8 Å². The summed E-state index contributed by atoms with van der Waals surface area (Å²) in [6, 6.07) is 38.6. The standard InChI is InChI=1S/C51H51BN2/c1-49(2,3)31-27-40-48-41(28-31)51(6,7)39-29-32(53-44-19-11-10-17-36(44)37-18-14-22-47(37)53)24-26-42(39)52(48)43-30-33(23-25-38(43)50(40,4)5)54-45-20-12-8-15-34(45)35-16-9-13-21-46(35)54/h8,10-12,15,17,19-20,23-30H,9,13-14,16,18,21-22H2,1-7H3. The van der Waals surface area contributed by atoms with Crippen molar-refractivity contribution in [3.8, 4) is 11.4 Å². The zero-order valence-electron chi connectivity index (χ0n) is 33.2. The third-order valence-corrected chi connectivity index (χ3v) is 14.3. The first-order valence-electron chi connectivity index (χ1n) is 20.7. The Morgan fingerprint density at radius 1 is 0.519 bits per heavy atom. The maximum atomic E-state index is 2.63. The molecule has 0 unspecified atom stereocenters. The van der Waals surface area contributed by atoms with Crippen LogP contribution in [0.25, 0.3) is 33.2 Å². The van der Waals surface area contributed by atoms with Crippen LogP contribution in [-0.2, 0) is 41.9 Å². The molecular formula is C51H51BN2. The molecule has 2 aliphatic carbocycles. The number of fused-ring (bicyclic) bond motifs is 10. The van der Waals surface area contributed by atoms with Gasteiger partial charge in [-0.2, -0.15) is 0 Å². The molecule has 0 saturated carbocycles. The van der Waals surface area contributed by atoms with Crippen LogP contribution in [0.1, 0.15) is 118 Å². The third-order valence-electron chi connectivity index (χ3n) is 14.3. The van der Waals surface area contributed by atoms with Crippen LogP contribution >= 0.6 is 0 Å². The number of aryl methyl sites for hydroxylation is 2. The lowest BCUT2D eigenvalue weighted by Gasteiger charge is -2.47. The summed E-state index contributed by atoms with van der Waals surface area (Å²) in [5.74, 6) is 0. The number of para-hydroxylation sites is 2. The van der Waals surface area contributed by atoms with E-state index in [2.05, 4.69) is 155 Å². The highest BCUT2D eigenvalue weighted by atomic mass is 15.0. The van der Waals surface area contributed by atoms with Gasteiger partial charge in [0, 0.05) is 44.4 Å². The minimum Gasteiger partial charge on any atom is -0.313 e. The van der Waals surface area contributed by atoms with E-state index in [9.17, 15) is 0 Å². The van der Waals surface area contributed by atoms with E-state index < -0.39 is 0 Å². The molecule has 4 heterocycles. The van der Waals surface area contributed by atoms with Crippen LogP contribution in [0, 0.1) is 0 Å². The predicted octanol–water partition coefficient (Wildman–Crippen LogP) is 10.0. The number of aromatic nitrogens is 2. The van der Waals surface area contributed by atoms with Crippen LogP contribution in [0.5, 0.6) is 0 Å². The number of hydrogen-bond donors (Lipinski definition) is 0. The van der Waals surface area contributed by atoms with Crippen molar-refractivity contribution in [1.82, 2.24) is 9.13 Å². The minimum absolute atomic E-state index is 0.0403. The molecule has 7 aromatic rings. The average molecular weight is 703 g/mol. The van der Waals surface area contributed by atoms with Crippen molar-refractivity contribution in [3.63, 3.8) is 0 Å². The molecule has 0 bridgehead atoms. The van der Waals surface area contributed by atoms with Crippen molar-refractivity contribution in [2.24, 2.45) is 0 Å². The van der Waals surface area contributed by atoms with Gasteiger partial charge in [-0.1, -0.05) is 126 Å². The molecule has 0 spiro atoms. The molecular weight excluding hydrogens is 651 g/mol. The van der Waals surface area contributed by atoms with Crippen LogP contribution < -0.4 is 16.4 Å². The van der Waals surface area contributed by atoms with Crippen molar-refractivity contribution in [3.05, 3.63) is 147 Å². The topological polar surface area (TPSA) is 9.86 Å². The van der Waals surface area contributed by atoms with Gasteiger partial charge in [0.15, 0.2) is 0 Å². The number of hydrogen-bond acceptors (Lipinski definition) is 0. The Bertz CT molecular complexity index is 2740. The van der Waals surface area contributed by atoms with E-state index >= 15 is 0 Å². The molecule has 0 atom stereocenters. The third kappa shape index (κ3) is 4.25. The molecule has 2 aliphatic heterocycles. The number of benzene rings is 5. The van der Waals surface area contributed by atoms with E-state index in [-0.39, 0.29) is 23.0 Å². The molecule has 0 N–H and O–H groups in total. The van der Waals surface area contributed by atoms with Crippen LogP contribution in [0.3, 0.4) is 0 Å². The van der Waals surface area contributed by atoms with Gasteiger partial charge in [0.2, 0.25) is 6.71 Å². The van der Waals surface area contributed by atoms with E-state index in [0.29, 0.717) is 0 Å². The van der Waals surface area contributed by atoms with E-state index in [1.54, 1.807) is 16.6 Å². The zero-order valence-corrected chi connectivity index (χ0v) is 33.2. The predicted molar refractivity (Wildman–Crippen MR) is 229 cm³/mol. The lowest BCUT2D eigenvalue weighted by atomic mass is 9.27. The molecule has 2 aromatic heterocycles. The van der Waals surface area contributed by atoms with Crippen LogP contribution in [0.15, 0.2) is 97.1 Å². The highest BCUT2D eigenvalue weighted by Gasteiger charge is 2.49. The van der Waals surface area contributed by atoms with E-state index in [4.69, 9.17) is 0 Å². The molecule has 0 saturated heterocycles. The van der Waals surface area contributed by atoms with Crippen molar-refractivity contribution in [1.29, 1.82) is 0 Å². The van der Waals surface area contributed by atoms with E-state index in [1.807, 2.05) is 0 Å². The van der Waals surface area contributed by atoms with Gasteiger partial charge in [0.25, 0.3) is 0 Å². The Morgan fingerprint density at radius 2 is 1.06 bits per heavy atom. The second-order valence-corrected chi connectivity index (χ2v) is 19.1. The summed E-state index contributed by atoms with van der Waals surface area (Å²) in [7, 11) is 0. The van der Waals surface area contributed by atoms with Gasteiger partial charge in [-0.15, -0.1) is 0 Å². The lowest BCUT2D eigenvalue weighted by Crippen LogP contribution is -2.66. The first-order valence-corrected chi connectivity index (χ1v) is 20.7. The Balaban J connectivity index is 1.19. The summed E-state index contributed by atoms with van der Waals surface area (Å²) < 4.78 is 5.24. The second kappa shape index (κ2) is 10.9. The SMILES string of the molecule is CC(C)(C)c1cc2c3c(c1)C(C)(C)c1cc(-n4c5c(c6ccccc64)CCC5)ccc1B3c1cc(-n3c4c(c5ccccc53)CCCC4)ccc1C2(C)C. The summed E-state index contributed by atoms with van der Waals surface area (Å²) in [6.45, 7) is 17.3. The molecule has 0 radical (unpaired) electrons. The molecule has 268 valence electrons. The largest absolute Gasteiger partial charge is 0.313 e. The fourth-order valence-electron chi connectivity index (χ4n) is 11.6. The van der Waals surface area contributed by atoms with Crippen LogP contribution in [0.2, 0.25) is 0 Å². The fourth-order valence-corrected chi connectivity index (χ4v) is 11.6. The highest BCUT2D eigenvalue weighted by molar-refractivity contribution is 6.97. The normalized spacial score (nSPS) is 17.6. The molecule has 11 rings (SSSR count). The summed E-state index contributed by atoms with van der Waals surface area (Å²) in [5.41, 5.74) is 23.1. The van der Waals surface area contributed by atoms with Crippen LogP contribution in [-0.4, -0.2) is 15.8 Å². The van der Waals surface area contributed by atoms with Crippen molar-refractivity contribution in [2.45, 2.75) is 110 Å². The quantitative estimate of drug-likeness (QED) is 0.159. The van der Waals surface area contributed by atoms with Crippen molar-refractivity contribution >= 4 is 44.9 Å². The Kier molecular flexibility index (Phi) is 6.61. The average Bonchev–Trinajstić information content (AvgIpc) is 3.85.